The average molecular weight is 319 g/mol. The van der Waals surface area contributed by atoms with Crippen LogP contribution in [0, 0.1) is 10.1 Å². The van der Waals surface area contributed by atoms with Gasteiger partial charge < -0.3 is 5.32 Å². The Bertz CT molecular complexity index is 686. The number of carbonyl (C=O) groups excluding carboxylic acids is 1. The lowest BCUT2D eigenvalue weighted by Crippen LogP contribution is -2.28. The van der Waals surface area contributed by atoms with Crippen molar-refractivity contribution in [3.8, 4) is 0 Å². The summed E-state index contributed by atoms with van der Waals surface area (Å²) in [5.74, 6) is -0.464. The van der Waals surface area contributed by atoms with E-state index in [1.54, 1.807) is 18.2 Å². The lowest BCUT2D eigenvalue weighted by molar-refractivity contribution is -0.385. The zero-order chi connectivity index (χ0) is 16.1. The van der Waals surface area contributed by atoms with Crippen molar-refractivity contribution in [2.24, 2.45) is 0 Å². The Morgan fingerprint density at radius 3 is 2.45 bits per heavy atom. The van der Waals surface area contributed by atoms with Gasteiger partial charge in [0, 0.05) is 11.1 Å². The van der Waals surface area contributed by atoms with Crippen LogP contribution >= 0.6 is 11.6 Å². The van der Waals surface area contributed by atoms with E-state index >= 15 is 0 Å². The number of carbonyl (C=O) groups is 1. The van der Waals surface area contributed by atoms with Gasteiger partial charge in [0.15, 0.2) is 0 Å². The molecule has 1 unspecified atom stereocenters. The first-order valence-corrected chi connectivity index (χ1v) is 7.20. The molecule has 0 aliphatic carbocycles. The molecule has 0 aliphatic heterocycles. The molecule has 1 N–H and O–H groups in total. The standard InChI is InChI=1S/C16H15ClN2O3/c1-2-14(11-7-9-12(17)10-8-11)18-16(20)13-5-3-4-6-15(13)19(21)22/h3-10,14H,2H2,1H3,(H,18,20). The number of nitro benzene ring substituents is 1. The zero-order valence-corrected chi connectivity index (χ0v) is 12.7. The molecule has 0 spiro atoms. The SMILES string of the molecule is CCC(NC(=O)c1ccccc1[N+](=O)[O-])c1ccc(Cl)cc1. The molecule has 2 aromatic rings. The molecule has 5 nitrogen and oxygen atoms in total. The van der Waals surface area contributed by atoms with Crippen LogP contribution in [0.5, 0.6) is 0 Å². The fraction of sp³-hybridized carbons (Fsp3) is 0.188. The molecule has 114 valence electrons. The monoisotopic (exact) mass is 318 g/mol. The minimum absolute atomic E-state index is 0.0555. The maximum absolute atomic E-state index is 12.3. The predicted octanol–water partition coefficient (Wildman–Crippen LogP) is 4.13. The first kappa shape index (κ1) is 16.0. The molecule has 2 rings (SSSR count). The third kappa shape index (κ3) is 3.62. The average Bonchev–Trinajstić information content (AvgIpc) is 2.53. The number of nitrogens with zero attached hydrogens (tertiary/aromatic N) is 1. The van der Waals surface area contributed by atoms with Crippen LogP contribution in [0.2, 0.25) is 5.02 Å². The van der Waals surface area contributed by atoms with Crippen molar-refractivity contribution >= 4 is 23.2 Å². The van der Waals surface area contributed by atoms with E-state index in [9.17, 15) is 14.9 Å². The van der Waals surface area contributed by atoms with Gasteiger partial charge in [0.2, 0.25) is 0 Å². The summed E-state index contributed by atoms with van der Waals surface area (Å²) in [6, 6.07) is 12.8. The van der Waals surface area contributed by atoms with Crippen LogP contribution in [0.1, 0.15) is 35.3 Å². The summed E-state index contributed by atoms with van der Waals surface area (Å²) in [5.41, 5.74) is 0.754. The second kappa shape index (κ2) is 7.04. The normalized spacial score (nSPS) is 11.7. The fourth-order valence-corrected chi connectivity index (χ4v) is 2.30. The molecule has 1 atom stereocenters. The highest BCUT2D eigenvalue weighted by molar-refractivity contribution is 6.30. The molecule has 0 aliphatic rings. The van der Waals surface area contributed by atoms with Gasteiger partial charge in [0.25, 0.3) is 11.6 Å². The lowest BCUT2D eigenvalue weighted by Gasteiger charge is -2.17. The Morgan fingerprint density at radius 2 is 1.86 bits per heavy atom. The maximum Gasteiger partial charge on any atom is 0.282 e. The largest absolute Gasteiger partial charge is 0.345 e. The highest BCUT2D eigenvalue weighted by atomic mass is 35.5. The van der Waals surface area contributed by atoms with Crippen LogP contribution in [-0.4, -0.2) is 10.8 Å². The van der Waals surface area contributed by atoms with Crippen LogP contribution in [0.4, 0.5) is 5.69 Å². The van der Waals surface area contributed by atoms with E-state index in [4.69, 9.17) is 11.6 Å². The molecular formula is C16H15ClN2O3. The van der Waals surface area contributed by atoms with Crippen LogP contribution in [-0.2, 0) is 0 Å². The number of hydrogen-bond donors (Lipinski definition) is 1. The van der Waals surface area contributed by atoms with Crippen molar-refractivity contribution in [3.05, 3.63) is 74.8 Å². The van der Waals surface area contributed by atoms with Crippen molar-refractivity contribution in [1.29, 1.82) is 0 Å². The van der Waals surface area contributed by atoms with Gasteiger partial charge in [0.05, 0.1) is 11.0 Å². The van der Waals surface area contributed by atoms with Crippen molar-refractivity contribution in [2.45, 2.75) is 19.4 Å². The van der Waals surface area contributed by atoms with Gasteiger partial charge in [-0.3, -0.25) is 14.9 Å². The Morgan fingerprint density at radius 1 is 1.23 bits per heavy atom. The van der Waals surface area contributed by atoms with Gasteiger partial charge in [-0.05, 0) is 30.2 Å². The molecule has 0 aromatic heterocycles. The number of amides is 1. The summed E-state index contributed by atoms with van der Waals surface area (Å²) < 4.78 is 0. The van der Waals surface area contributed by atoms with E-state index in [0.717, 1.165) is 5.56 Å². The quantitative estimate of drug-likeness (QED) is 0.665. The van der Waals surface area contributed by atoms with E-state index < -0.39 is 10.8 Å². The molecule has 0 bridgehead atoms. The van der Waals surface area contributed by atoms with Crippen LogP contribution in [0.25, 0.3) is 0 Å². The number of rotatable bonds is 5. The number of para-hydroxylation sites is 1. The predicted molar refractivity (Wildman–Crippen MR) is 85.0 cm³/mol. The Hall–Kier alpha value is -2.40. The molecule has 0 fully saturated rings. The topological polar surface area (TPSA) is 72.2 Å². The van der Waals surface area contributed by atoms with Gasteiger partial charge in [-0.2, -0.15) is 0 Å². The van der Waals surface area contributed by atoms with Crippen LogP contribution in [0.15, 0.2) is 48.5 Å². The molecule has 1 amide bonds. The van der Waals surface area contributed by atoms with Gasteiger partial charge in [-0.25, -0.2) is 0 Å². The lowest BCUT2D eigenvalue weighted by atomic mass is 10.0. The summed E-state index contributed by atoms with van der Waals surface area (Å²) in [5, 5.41) is 14.4. The third-order valence-corrected chi connectivity index (χ3v) is 3.58. The van der Waals surface area contributed by atoms with Gasteiger partial charge in [-0.15, -0.1) is 0 Å². The van der Waals surface area contributed by atoms with Gasteiger partial charge in [0.1, 0.15) is 5.56 Å². The summed E-state index contributed by atoms with van der Waals surface area (Å²) in [6.07, 6.45) is 0.661. The smallest absolute Gasteiger partial charge is 0.282 e. The van der Waals surface area contributed by atoms with E-state index in [1.807, 2.05) is 19.1 Å². The minimum Gasteiger partial charge on any atom is -0.345 e. The Balaban J connectivity index is 2.23. The first-order chi connectivity index (χ1) is 10.5. The third-order valence-electron chi connectivity index (χ3n) is 3.33. The van der Waals surface area contributed by atoms with E-state index in [1.165, 1.54) is 18.2 Å². The fourth-order valence-electron chi connectivity index (χ4n) is 2.18. The zero-order valence-electron chi connectivity index (χ0n) is 12.0. The van der Waals surface area contributed by atoms with E-state index in [2.05, 4.69) is 5.32 Å². The Kier molecular flexibility index (Phi) is 5.12. The molecular weight excluding hydrogens is 304 g/mol. The van der Waals surface area contributed by atoms with Gasteiger partial charge >= 0.3 is 0 Å². The van der Waals surface area contributed by atoms with Crippen molar-refractivity contribution in [1.82, 2.24) is 5.32 Å². The van der Waals surface area contributed by atoms with Crippen molar-refractivity contribution < 1.29 is 9.72 Å². The second-order valence-electron chi connectivity index (χ2n) is 4.76. The molecule has 22 heavy (non-hydrogen) atoms. The molecule has 0 saturated carbocycles. The maximum atomic E-state index is 12.3. The molecule has 6 heteroatoms. The van der Waals surface area contributed by atoms with Crippen molar-refractivity contribution in [3.63, 3.8) is 0 Å². The first-order valence-electron chi connectivity index (χ1n) is 6.82. The molecule has 0 radical (unpaired) electrons. The Labute approximate surface area is 133 Å². The number of hydrogen-bond acceptors (Lipinski definition) is 3. The van der Waals surface area contributed by atoms with E-state index in [0.29, 0.717) is 11.4 Å². The summed E-state index contributed by atoms with van der Waals surface area (Å²) >= 11 is 5.85. The van der Waals surface area contributed by atoms with Crippen LogP contribution in [0.3, 0.4) is 0 Å². The molecule has 2 aromatic carbocycles. The van der Waals surface area contributed by atoms with E-state index in [-0.39, 0.29) is 17.3 Å². The number of nitrogens with one attached hydrogen (secondary N) is 1. The summed E-state index contributed by atoms with van der Waals surface area (Å²) in [4.78, 5) is 22.8. The number of nitro groups is 1. The highest BCUT2D eigenvalue weighted by Gasteiger charge is 2.21. The molecule has 0 heterocycles. The highest BCUT2D eigenvalue weighted by Crippen LogP contribution is 2.22. The second-order valence-corrected chi connectivity index (χ2v) is 5.20. The summed E-state index contributed by atoms with van der Waals surface area (Å²) in [7, 11) is 0. The van der Waals surface area contributed by atoms with Gasteiger partial charge in [-0.1, -0.05) is 42.8 Å². The number of benzene rings is 2. The molecule has 0 saturated heterocycles. The van der Waals surface area contributed by atoms with Crippen LogP contribution < -0.4 is 5.32 Å². The number of halogens is 1. The van der Waals surface area contributed by atoms with Crippen molar-refractivity contribution in [2.75, 3.05) is 0 Å². The minimum atomic E-state index is -0.557. The summed E-state index contributed by atoms with van der Waals surface area (Å²) in [6.45, 7) is 1.93.